The number of nitrogens with zero attached hydrogens (tertiary/aromatic N) is 1. The molecule has 1 heterocycles. The Kier molecular flexibility index (Phi) is 4.20. The van der Waals surface area contributed by atoms with Crippen molar-refractivity contribution < 1.29 is 5.11 Å². The molecule has 16 heavy (non-hydrogen) atoms. The first kappa shape index (κ1) is 12.7. The highest BCUT2D eigenvalue weighted by Crippen LogP contribution is 2.42. The second-order valence-corrected chi connectivity index (χ2v) is 6.18. The largest absolute Gasteiger partial charge is 0.393 e. The monoisotopic (exact) mass is 243 g/mol. The summed E-state index contributed by atoms with van der Waals surface area (Å²) in [5.41, 5.74) is 0.529. The molecule has 0 aromatic rings. The number of piperidine rings is 1. The van der Waals surface area contributed by atoms with Crippen molar-refractivity contribution in [1.82, 2.24) is 4.90 Å². The summed E-state index contributed by atoms with van der Waals surface area (Å²) in [6.07, 6.45) is 6.34. The van der Waals surface area contributed by atoms with E-state index in [2.05, 4.69) is 17.5 Å². The summed E-state index contributed by atoms with van der Waals surface area (Å²) >= 11 is 4.52. The van der Waals surface area contributed by atoms with E-state index in [1.165, 1.54) is 51.7 Å². The van der Waals surface area contributed by atoms with E-state index < -0.39 is 0 Å². The quantitative estimate of drug-likeness (QED) is 0.739. The molecule has 1 saturated heterocycles. The fourth-order valence-electron chi connectivity index (χ4n) is 3.11. The minimum absolute atomic E-state index is 0.121. The van der Waals surface area contributed by atoms with E-state index in [0.29, 0.717) is 11.3 Å². The summed E-state index contributed by atoms with van der Waals surface area (Å²) in [6, 6.07) is 0. The number of hydrogen-bond donors (Lipinski definition) is 2. The van der Waals surface area contributed by atoms with Crippen LogP contribution in [0.25, 0.3) is 0 Å². The highest BCUT2D eigenvalue weighted by Gasteiger charge is 2.38. The standard InChI is InChI=1S/C13H25NOS/c1-11(15)12-3-7-14(8-4-12)9-13(10-16)5-2-6-13/h11-12,15-16H,2-10H2,1H3. The third kappa shape index (κ3) is 2.74. The van der Waals surface area contributed by atoms with Crippen LogP contribution < -0.4 is 0 Å². The summed E-state index contributed by atoms with van der Waals surface area (Å²) < 4.78 is 0. The van der Waals surface area contributed by atoms with Gasteiger partial charge in [0.2, 0.25) is 0 Å². The van der Waals surface area contributed by atoms with E-state index in [4.69, 9.17) is 0 Å². The van der Waals surface area contributed by atoms with Crippen molar-refractivity contribution in [3.05, 3.63) is 0 Å². The third-order valence-corrected chi connectivity index (χ3v) is 5.29. The zero-order valence-corrected chi connectivity index (χ0v) is 11.3. The van der Waals surface area contributed by atoms with Crippen molar-refractivity contribution in [3.63, 3.8) is 0 Å². The lowest BCUT2D eigenvalue weighted by molar-refractivity contribution is 0.0362. The van der Waals surface area contributed by atoms with Gasteiger partial charge in [0.05, 0.1) is 6.10 Å². The lowest BCUT2D eigenvalue weighted by Crippen LogP contribution is -2.47. The predicted molar refractivity (Wildman–Crippen MR) is 71.0 cm³/mol. The number of thiol groups is 1. The first-order chi connectivity index (χ1) is 7.65. The maximum absolute atomic E-state index is 9.57. The van der Waals surface area contributed by atoms with Crippen molar-refractivity contribution in [2.24, 2.45) is 11.3 Å². The Morgan fingerprint density at radius 1 is 1.38 bits per heavy atom. The smallest absolute Gasteiger partial charge is 0.0541 e. The molecule has 0 aromatic carbocycles. The van der Waals surface area contributed by atoms with E-state index >= 15 is 0 Å². The van der Waals surface area contributed by atoms with Gasteiger partial charge >= 0.3 is 0 Å². The highest BCUT2D eigenvalue weighted by atomic mass is 32.1. The average Bonchev–Trinajstić information content (AvgIpc) is 2.24. The Morgan fingerprint density at radius 2 is 2.00 bits per heavy atom. The molecule has 2 nitrogen and oxygen atoms in total. The van der Waals surface area contributed by atoms with Crippen LogP contribution in [-0.4, -0.2) is 41.5 Å². The highest BCUT2D eigenvalue weighted by molar-refractivity contribution is 7.80. The van der Waals surface area contributed by atoms with Crippen LogP contribution in [-0.2, 0) is 0 Å². The fourth-order valence-corrected chi connectivity index (χ4v) is 3.53. The summed E-state index contributed by atoms with van der Waals surface area (Å²) in [6.45, 7) is 5.51. The Labute approximate surface area is 105 Å². The van der Waals surface area contributed by atoms with E-state index in [-0.39, 0.29) is 6.10 Å². The van der Waals surface area contributed by atoms with Crippen LogP contribution in [0.1, 0.15) is 39.0 Å². The number of rotatable bonds is 4. The van der Waals surface area contributed by atoms with Gasteiger partial charge in [-0.05, 0) is 62.8 Å². The van der Waals surface area contributed by atoms with E-state index in [1.54, 1.807) is 0 Å². The average molecular weight is 243 g/mol. The van der Waals surface area contributed by atoms with Gasteiger partial charge in [-0.3, -0.25) is 0 Å². The number of aliphatic hydroxyl groups excluding tert-OH is 1. The molecule has 0 radical (unpaired) electrons. The molecule has 1 atom stereocenters. The minimum Gasteiger partial charge on any atom is -0.393 e. The van der Waals surface area contributed by atoms with Gasteiger partial charge in [0.25, 0.3) is 0 Å². The van der Waals surface area contributed by atoms with Crippen LogP contribution in [0.5, 0.6) is 0 Å². The van der Waals surface area contributed by atoms with Crippen LogP contribution >= 0.6 is 12.6 Å². The van der Waals surface area contributed by atoms with Crippen molar-refractivity contribution >= 4 is 12.6 Å². The second kappa shape index (κ2) is 5.28. The molecular weight excluding hydrogens is 218 g/mol. The SMILES string of the molecule is CC(O)C1CCN(CC2(CS)CCC2)CC1. The van der Waals surface area contributed by atoms with Gasteiger partial charge in [-0.25, -0.2) is 0 Å². The van der Waals surface area contributed by atoms with Crippen LogP contribution in [0.3, 0.4) is 0 Å². The Balaban J connectivity index is 1.76. The van der Waals surface area contributed by atoms with Gasteiger partial charge in [-0.2, -0.15) is 12.6 Å². The second-order valence-electron chi connectivity index (χ2n) is 5.87. The Morgan fingerprint density at radius 3 is 2.38 bits per heavy atom. The minimum atomic E-state index is -0.121. The molecule has 1 unspecified atom stereocenters. The zero-order valence-electron chi connectivity index (χ0n) is 10.4. The molecule has 1 saturated carbocycles. The van der Waals surface area contributed by atoms with Crippen molar-refractivity contribution in [2.45, 2.75) is 45.1 Å². The van der Waals surface area contributed by atoms with Crippen LogP contribution in [0.15, 0.2) is 0 Å². The molecule has 2 aliphatic rings. The Bertz CT molecular complexity index is 214. The first-order valence-corrected chi connectivity index (χ1v) is 7.30. The molecule has 1 N–H and O–H groups in total. The molecule has 2 rings (SSSR count). The Hall–Kier alpha value is 0.270. The predicted octanol–water partition coefficient (Wildman–Crippen LogP) is 2.18. The lowest BCUT2D eigenvalue weighted by atomic mass is 9.69. The van der Waals surface area contributed by atoms with Crippen LogP contribution in [0.4, 0.5) is 0 Å². The van der Waals surface area contributed by atoms with Crippen LogP contribution in [0.2, 0.25) is 0 Å². The third-order valence-electron chi connectivity index (χ3n) is 4.62. The molecule has 1 aliphatic carbocycles. The molecule has 3 heteroatoms. The molecule has 2 fully saturated rings. The molecular formula is C13H25NOS. The van der Waals surface area contributed by atoms with E-state index in [1.807, 2.05) is 6.92 Å². The molecule has 1 aliphatic heterocycles. The maximum Gasteiger partial charge on any atom is 0.0541 e. The van der Waals surface area contributed by atoms with Gasteiger partial charge in [0.15, 0.2) is 0 Å². The molecule has 0 spiro atoms. The molecule has 0 amide bonds. The molecule has 0 bridgehead atoms. The normalized spacial score (nSPS) is 28.7. The summed E-state index contributed by atoms with van der Waals surface area (Å²) in [5.74, 6) is 1.58. The zero-order chi connectivity index (χ0) is 11.6. The van der Waals surface area contributed by atoms with Gasteiger partial charge in [-0.15, -0.1) is 0 Å². The summed E-state index contributed by atoms with van der Waals surface area (Å²) in [5, 5.41) is 9.57. The van der Waals surface area contributed by atoms with Crippen molar-refractivity contribution in [2.75, 3.05) is 25.4 Å². The van der Waals surface area contributed by atoms with Gasteiger partial charge < -0.3 is 10.0 Å². The van der Waals surface area contributed by atoms with Gasteiger partial charge in [0.1, 0.15) is 0 Å². The number of aliphatic hydroxyl groups is 1. The first-order valence-electron chi connectivity index (χ1n) is 6.66. The fraction of sp³-hybridized carbons (Fsp3) is 1.00. The van der Waals surface area contributed by atoms with Gasteiger partial charge in [-0.1, -0.05) is 6.42 Å². The summed E-state index contributed by atoms with van der Waals surface area (Å²) in [4.78, 5) is 2.59. The molecule has 0 aromatic heterocycles. The van der Waals surface area contributed by atoms with Crippen molar-refractivity contribution in [3.8, 4) is 0 Å². The topological polar surface area (TPSA) is 23.5 Å². The van der Waals surface area contributed by atoms with Gasteiger partial charge in [0, 0.05) is 6.54 Å². The maximum atomic E-state index is 9.57. The molecule has 94 valence electrons. The number of likely N-dealkylation sites (tertiary alicyclic amines) is 1. The van der Waals surface area contributed by atoms with Crippen molar-refractivity contribution in [1.29, 1.82) is 0 Å². The summed E-state index contributed by atoms with van der Waals surface area (Å²) in [7, 11) is 0. The lowest BCUT2D eigenvalue weighted by Gasteiger charge is -2.46. The number of hydrogen-bond acceptors (Lipinski definition) is 3. The van der Waals surface area contributed by atoms with E-state index in [9.17, 15) is 5.11 Å². The van der Waals surface area contributed by atoms with E-state index in [0.717, 1.165) is 5.75 Å². The van der Waals surface area contributed by atoms with Crippen LogP contribution in [0, 0.1) is 11.3 Å².